The highest BCUT2D eigenvalue weighted by Crippen LogP contribution is 2.41. The van der Waals surface area contributed by atoms with Gasteiger partial charge in [0.25, 0.3) is 0 Å². The average molecular weight is 225 g/mol. The molecule has 1 fully saturated rings. The lowest BCUT2D eigenvalue weighted by atomic mass is 9.86. The van der Waals surface area contributed by atoms with Gasteiger partial charge in [-0.25, -0.2) is 4.79 Å². The molecule has 0 aliphatic carbocycles. The fraction of sp³-hybridized carbons (Fsp3) is 0.300. The second-order valence-corrected chi connectivity index (χ2v) is 4.18. The van der Waals surface area contributed by atoms with E-state index >= 15 is 0 Å². The number of hydrogen-bond donors (Lipinski definition) is 2. The molecule has 4 nitrogen and oxygen atoms in total. The van der Waals surface area contributed by atoms with Crippen LogP contribution in [0.25, 0.3) is 0 Å². The van der Waals surface area contributed by atoms with Crippen molar-refractivity contribution < 1.29 is 9.53 Å². The minimum Gasteiger partial charge on any atom is -0.435 e. The minimum atomic E-state index is -0.511. The van der Waals surface area contributed by atoms with Crippen LogP contribution in [0.2, 0.25) is 5.02 Å². The van der Waals surface area contributed by atoms with Crippen molar-refractivity contribution in [2.24, 2.45) is 0 Å². The standard InChI is InChI=1S/C10H9ClN2O2/c11-7-3-1-2-6-8(7)13-9(14)15-10(6)4-12-5-10/h1-3,12H,4-5H2,(H,13,14). The fourth-order valence-corrected chi connectivity index (χ4v) is 2.23. The van der Waals surface area contributed by atoms with Crippen LogP contribution in [0.5, 0.6) is 0 Å². The van der Waals surface area contributed by atoms with Gasteiger partial charge in [-0.05, 0) is 6.07 Å². The normalized spacial score (nSPS) is 21.3. The Bertz CT molecular complexity index is 443. The first-order chi connectivity index (χ1) is 7.21. The number of ether oxygens (including phenoxy) is 1. The van der Waals surface area contributed by atoms with E-state index in [0.29, 0.717) is 23.8 Å². The summed E-state index contributed by atoms with van der Waals surface area (Å²) >= 11 is 6.03. The third-order valence-corrected chi connectivity index (χ3v) is 3.16. The van der Waals surface area contributed by atoms with Crippen LogP contribution in [-0.4, -0.2) is 19.2 Å². The molecule has 0 aromatic heterocycles. The number of carbonyl (C=O) groups excluding carboxylic acids is 1. The molecule has 2 aliphatic heterocycles. The summed E-state index contributed by atoms with van der Waals surface area (Å²) in [6.07, 6.45) is -0.433. The highest BCUT2D eigenvalue weighted by Gasteiger charge is 2.47. The highest BCUT2D eigenvalue weighted by atomic mass is 35.5. The Kier molecular flexibility index (Phi) is 1.72. The number of hydrogen-bond acceptors (Lipinski definition) is 3. The van der Waals surface area contributed by atoms with Gasteiger partial charge < -0.3 is 10.1 Å². The highest BCUT2D eigenvalue weighted by molar-refractivity contribution is 6.34. The van der Waals surface area contributed by atoms with Crippen LogP contribution in [-0.2, 0) is 10.3 Å². The van der Waals surface area contributed by atoms with Gasteiger partial charge in [0.2, 0.25) is 0 Å². The summed E-state index contributed by atoms with van der Waals surface area (Å²) in [4.78, 5) is 11.4. The molecule has 0 radical (unpaired) electrons. The largest absolute Gasteiger partial charge is 0.435 e. The molecule has 0 atom stereocenters. The topological polar surface area (TPSA) is 50.4 Å². The Morgan fingerprint density at radius 3 is 2.87 bits per heavy atom. The van der Waals surface area contributed by atoms with Gasteiger partial charge in [0.1, 0.15) is 0 Å². The first-order valence-electron chi connectivity index (χ1n) is 4.71. The second kappa shape index (κ2) is 2.87. The molecule has 0 bridgehead atoms. The summed E-state index contributed by atoms with van der Waals surface area (Å²) in [5.41, 5.74) is 1.12. The summed E-state index contributed by atoms with van der Waals surface area (Å²) in [6, 6.07) is 5.55. The summed E-state index contributed by atoms with van der Waals surface area (Å²) in [6.45, 7) is 1.29. The molecule has 2 heterocycles. The zero-order valence-corrected chi connectivity index (χ0v) is 8.60. The number of para-hydroxylation sites is 1. The van der Waals surface area contributed by atoms with E-state index in [9.17, 15) is 4.79 Å². The summed E-state index contributed by atoms with van der Waals surface area (Å²) < 4.78 is 5.32. The molecule has 1 aromatic rings. The molecule has 1 saturated heterocycles. The maximum absolute atomic E-state index is 11.4. The first-order valence-corrected chi connectivity index (χ1v) is 5.09. The molecule has 0 unspecified atom stereocenters. The van der Waals surface area contributed by atoms with Crippen LogP contribution < -0.4 is 10.6 Å². The molecule has 2 N–H and O–H groups in total. The number of amides is 1. The van der Waals surface area contributed by atoms with Crippen molar-refractivity contribution in [2.75, 3.05) is 18.4 Å². The zero-order chi connectivity index (χ0) is 10.5. The molecule has 78 valence electrons. The summed E-state index contributed by atoms with van der Waals surface area (Å²) in [5.74, 6) is 0. The van der Waals surface area contributed by atoms with E-state index in [1.54, 1.807) is 6.07 Å². The number of halogens is 1. The van der Waals surface area contributed by atoms with Crippen molar-refractivity contribution in [3.8, 4) is 0 Å². The third-order valence-electron chi connectivity index (χ3n) is 2.84. The molecule has 1 aromatic carbocycles. The van der Waals surface area contributed by atoms with E-state index in [2.05, 4.69) is 10.6 Å². The van der Waals surface area contributed by atoms with Crippen LogP contribution >= 0.6 is 11.6 Å². The number of rotatable bonds is 0. The lowest BCUT2D eigenvalue weighted by molar-refractivity contribution is -0.0296. The van der Waals surface area contributed by atoms with Crippen LogP contribution in [0.1, 0.15) is 5.56 Å². The van der Waals surface area contributed by atoms with Gasteiger partial charge in [-0.3, -0.25) is 5.32 Å². The van der Waals surface area contributed by atoms with Gasteiger partial charge in [-0.2, -0.15) is 0 Å². The molecule has 1 amide bonds. The van der Waals surface area contributed by atoms with Crippen LogP contribution in [0.3, 0.4) is 0 Å². The van der Waals surface area contributed by atoms with E-state index in [-0.39, 0.29) is 0 Å². The Morgan fingerprint density at radius 1 is 1.40 bits per heavy atom. The molecular formula is C10H9ClN2O2. The van der Waals surface area contributed by atoms with Gasteiger partial charge in [-0.1, -0.05) is 23.7 Å². The predicted molar refractivity (Wildman–Crippen MR) is 56.1 cm³/mol. The number of fused-ring (bicyclic) bond motifs is 2. The van der Waals surface area contributed by atoms with E-state index < -0.39 is 11.7 Å². The molecule has 0 saturated carbocycles. The number of anilines is 1. The van der Waals surface area contributed by atoms with Crippen molar-refractivity contribution >= 4 is 23.4 Å². The lowest BCUT2D eigenvalue weighted by Crippen LogP contribution is -2.61. The average Bonchev–Trinajstić information content (AvgIpc) is 2.16. The molecular weight excluding hydrogens is 216 g/mol. The number of nitrogens with one attached hydrogen (secondary N) is 2. The van der Waals surface area contributed by atoms with Crippen molar-refractivity contribution in [3.05, 3.63) is 28.8 Å². The number of carbonyl (C=O) groups is 1. The summed E-state index contributed by atoms with van der Waals surface area (Å²) in [5, 5.41) is 6.29. The van der Waals surface area contributed by atoms with E-state index in [4.69, 9.17) is 16.3 Å². The lowest BCUT2D eigenvalue weighted by Gasteiger charge is -2.45. The van der Waals surface area contributed by atoms with Gasteiger partial charge >= 0.3 is 6.09 Å². The van der Waals surface area contributed by atoms with Crippen molar-refractivity contribution in [1.82, 2.24) is 5.32 Å². The van der Waals surface area contributed by atoms with Crippen LogP contribution in [0.4, 0.5) is 10.5 Å². The van der Waals surface area contributed by atoms with E-state index in [1.807, 2.05) is 12.1 Å². The Labute approximate surface area is 91.6 Å². The van der Waals surface area contributed by atoms with Crippen LogP contribution in [0, 0.1) is 0 Å². The summed E-state index contributed by atoms with van der Waals surface area (Å²) in [7, 11) is 0. The fourth-order valence-electron chi connectivity index (χ4n) is 2.01. The molecule has 15 heavy (non-hydrogen) atoms. The van der Waals surface area contributed by atoms with Gasteiger partial charge in [0, 0.05) is 18.7 Å². The molecule has 5 heteroatoms. The Balaban J connectivity index is 2.18. The third kappa shape index (κ3) is 1.15. The van der Waals surface area contributed by atoms with E-state index in [0.717, 1.165) is 5.56 Å². The van der Waals surface area contributed by atoms with Gasteiger partial charge in [0.15, 0.2) is 5.60 Å². The number of benzene rings is 1. The molecule has 3 rings (SSSR count). The van der Waals surface area contributed by atoms with E-state index in [1.165, 1.54) is 0 Å². The molecule has 2 aliphatic rings. The van der Waals surface area contributed by atoms with Crippen molar-refractivity contribution in [2.45, 2.75) is 5.60 Å². The zero-order valence-electron chi connectivity index (χ0n) is 7.84. The van der Waals surface area contributed by atoms with Gasteiger partial charge in [-0.15, -0.1) is 0 Å². The quantitative estimate of drug-likeness (QED) is 0.705. The second-order valence-electron chi connectivity index (χ2n) is 3.77. The SMILES string of the molecule is O=C1Nc2c(Cl)cccc2C2(CNC2)O1. The smallest absolute Gasteiger partial charge is 0.412 e. The first kappa shape index (κ1) is 9.00. The van der Waals surface area contributed by atoms with Crippen LogP contribution in [0.15, 0.2) is 18.2 Å². The van der Waals surface area contributed by atoms with Gasteiger partial charge in [0.05, 0.1) is 10.7 Å². The Hall–Kier alpha value is -1.26. The van der Waals surface area contributed by atoms with Crippen molar-refractivity contribution in [1.29, 1.82) is 0 Å². The minimum absolute atomic E-state index is 0.433. The Morgan fingerprint density at radius 2 is 2.20 bits per heavy atom. The monoisotopic (exact) mass is 224 g/mol. The maximum Gasteiger partial charge on any atom is 0.412 e. The maximum atomic E-state index is 11.4. The predicted octanol–water partition coefficient (Wildman–Crippen LogP) is 1.70. The van der Waals surface area contributed by atoms with Crippen molar-refractivity contribution in [3.63, 3.8) is 0 Å². The molecule has 1 spiro atoms.